The quantitative estimate of drug-likeness (QED) is 0.512. The minimum absolute atomic E-state index is 0.0962. The van der Waals surface area contributed by atoms with Gasteiger partial charge in [-0.25, -0.2) is 4.98 Å². The molecule has 0 bridgehead atoms. The zero-order valence-electron chi connectivity index (χ0n) is 19.5. The number of fused-ring (bicyclic) bond motifs is 1. The van der Waals surface area contributed by atoms with E-state index < -0.39 is 17.7 Å². The Labute approximate surface area is 193 Å². The van der Waals surface area contributed by atoms with Crippen LogP contribution in [-0.4, -0.2) is 39.9 Å². The summed E-state index contributed by atoms with van der Waals surface area (Å²) in [6.07, 6.45) is 0.245. The summed E-state index contributed by atoms with van der Waals surface area (Å²) in [5.41, 5.74) is 3.42. The van der Waals surface area contributed by atoms with Crippen molar-refractivity contribution in [1.82, 2.24) is 9.97 Å². The highest BCUT2D eigenvalue weighted by Crippen LogP contribution is 2.41. The molecule has 1 atom stereocenters. The smallest absolute Gasteiger partial charge is 0.296 e. The zero-order chi connectivity index (χ0) is 23.7. The number of hydrogen-bond donors (Lipinski definition) is 2. The normalized spacial score (nSPS) is 16.3. The van der Waals surface area contributed by atoms with E-state index in [1.54, 1.807) is 0 Å². The van der Waals surface area contributed by atoms with E-state index in [0.29, 0.717) is 11.5 Å². The zero-order valence-corrected chi connectivity index (χ0v) is 19.5. The Bertz CT molecular complexity index is 1170. The number of aliphatic hydroxyl groups is 1. The molecule has 1 unspecified atom stereocenters. The number of hydrogen-bond acceptors (Lipinski definition) is 5. The molecule has 0 radical (unpaired) electrons. The minimum atomic E-state index is -0.755. The van der Waals surface area contributed by atoms with Gasteiger partial charge < -0.3 is 15.0 Å². The molecular formula is C26H30N4O3. The van der Waals surface area contributed by atoms with Gasteiger partial charge in [0.1, 0.15) is 0 Å². The predicted octanol–water partition coefficient (Wildman–Crippen LogP) is 4.92. The molecule has 7 heteroatoms. The Morgan fingerprint density at radius 3 is 2.39 bits per heavy atom. The first-order valence-corrected chi connectivity index (χ1v) is 11.4. The second kappa shape index (κ2) is 9.10. The summed E-state index contributed by atoms with van der Waals surface area (Å²) in [6, 6.07) is 14.5. The lowest BCUT2D eigenvalue weighted by molar-refractivity contribution is -0.118. The summed E-state index contributed by atoms with van der Waals surface area (Å²) < 4.78 is 0. The van der Waals surface area contributed by atoms with Gasteiger partial charge in [-0.05, 0) is 49.6 Å². The Morgan fingerprint density at radius 2 is 1.79 bits per heavy atom. The largest absolute Gasteiger partial charge is 0.503 e. The molecule has 0 spiro atoms. The van der Waals surface area contributed by atoms with E-state index in [1.807, 2.05) is 62.4 Å². The molecule has 0 aliphatic carbocycles. The third-order valence-corrected chi connectivity index (χ3v) is 6.04. The highest BCUT2D eigenvalue weighted by Gasteiger charge is 2.45. The Kier molecular flexibility index (Phi) is 6.22. The minimum Gasteiger partial charge on any atom is -0.503 e. The number of rotatable bonds is 8. The fourth-order valence-corrected chi connectivity index (χ4v) is 4.41. The summed E-state index contributed by atoms with van der Waals surface area (Å²) in [5, 5.41) is 10.8. The predicted molar refractivity (Wildman–Crippen MR) is 130 cm³/mol. The lowest BCUT2D eigenvalue weighted by Crippen LogP contribution is -2.32. The molecule has 3 aromatic rings. The highest BCUT2D eigenvalue weighted by atomic mass is 16.3. The SMILES string of the molecule is CCN(CC)c1ccc(C2C(C(=O)CC(C)C)=C(O)C(=O)N2c2nc3ccccc3[nH]2)cc1. The van der Waals surface area contributed by atoms with Crippen molar-refractivity contribution >= 4 is 34.4 Å². The molecule has 2 heterocycles. The Balaban J connectivity index is 1.82. The van der Waals surface area contributed by atoms with Crippen LogP contribution in [0.15, 0.2) is 59.9 Å². The van der Waals surface area contributed by atoms with E-state index in [-0.39, 0.29) is 23.7 Å². The molecule has 0 saturated heterocycles. The number of imidazole rings is 1. The summed E-state index contributed by atoms with van der Waals surface area (Å²) in [5.74, 6) is -0.957. The molecular weight excluding hydrogens is 416 g/mol. The van der Waals surface area contributed by atoms with Crippen molar-refractivity contribution in [3.05, 3.63) is 65.4 Å². The van der Waals surface area contributed by atoms with Gasteiger partial charge in [-0.1, -0.05) is 38.1 Å². The third-order valence-electron chi connectivity index (χ3n) is 6.04. The van der Waals surface area contributed by atoms with Gasteiger partial charge in [-0.2, -0.15) is 0 Å². The Hall–Kier alpha value is -3.61. The molecule has 1 aliphatic rings. The number of aliphatic hydroxyl groups excluding tert-OH is 1. The van der Waals surface area contributed by atoms with Crippen molar-refractivity contribution in [3.8, 4) is 0 Å². The lowest BCUT2D eigenvalue weighted by atomic mass is 9.92. The van der Waals surface area contributed by atoms with Crippen LogP contribution < -0.4 is 9.80 Å². The van der Waals surface area contributed by atoms with Crippen LogP contribution in [0.1, 0.15) is 45.7 Å². The van der Waals surface area contributed by atoms with Crippen LogP contribution in [0.25, 0.3) is 11.0 Å². The maximum absolute atomic E-state index is 13.2. The van der Waals surface area contributed by atoms with Crippen molar-refractivity contribution in [2.45, 2.75) is 40.2 Å². The number of nitrogens with zero attached hydrogens (tertiary/aromatic N) is 3. The molecule has 1 aliphatic heterocycles. The van der Waals surface area contributed by atoms with Gasteiger partial charge >= 0.3 is 0 Å². The molecule has 2 N–H and O–H groups in total. The van der Waals surface area contributed by atoms with Crippen molar-refractivity contribution < 1.29 is 14.7 Å². The fourth-order valence-electron chi connectivity index (χ4n) is 4.41. The number of benzene rings is 2. The molecule has 4 rings (SSSR count). The summed E-state index contributed by atoms with van der Waals surface area (Å²) in [4.78, 5) is 37.8. The van der Waals surface area contributed by atoms with E-state index in [2.05, 4.69) is 28.7 Å². The number of Topliss-reactive ketones (excluding diaryl/α,β-unsaturated/α-hetero) is 1. The van der Waals surface area contributed by atoms with E-state index in [1.165, 1.54) is 4.90 Å². The maximum atomic E-state index is 13.2. The molecule has 7 nitrogen and oxygen atoms in total. The fraction of sp³-hybridized carbons (Fsp3) is 0.346. The van der Waals surface area contributed by atoms with Crippen molar-refractivity contribution in [1.29, 1.82) is 0 Å². The van der Waals surface area contributed by atoms with Crippen LogP contribution in [0.2, 0.25) is 0 Å². The number of carbonyl (C=O) groups excluding carboxylic acids is 2. The van der Waals surface area contributed by atoms with Crippen LogP contribution in [0.3, 0.4) is 0 Å². The number of amides is 1. The number of H-pyrrole nitrogens is 1. The molecule has 33 heavy (non-hydrogen) atoms. The van der Waals surface area contributed by atoms with Crippen LogP contribution in [0.4, 0.5) is 11.6 Å². The molecule has 2 aromatic carbocycles. The van der Waals surface area contributed by atoms with Gasteiger partial charge in [-0.15, -0.1) is 0 Å². The molecule has 0 fully saturated rings. The number of aromatic amines is 1. The topological polar surface area (TPSA) is 89.5 Å². The summed E-state index contributed by atoms with van der Waals surface area (Å²) >= 11 is 0. The van der Waals surface area contributed by atoms with Gasteiger partial charge in [0.05, 0.1) is 22.6 Å². The van der Waals surface area contributed by atoms with Crippen LogP contribution >= 0.6 is 0 Å². The van der Waals surface area contributed by atoms with Crippen molar-refractivity contribution in [2.75, 3.05) is 22.9 Å². The number of para-hydroxylation sites is 2. The third kappa shape index (κ3) is 4.11. The number of ketones is 1. The first-order chi connectivity index (χ1) is 15.8. The number of nitrogens with one attached hydrogen (secondary N) is 1. The number of aromatic nitrogens is 2. The van der Waals surface area contributed by atoms with Gasteiger partial charge in [0.15, 0.2) is 11.5 Å². The first-order valence-electron chi connectivity index (χ1n) is 11.4. The summed E-state index contributed by atoms with van der Waals surface area (Å²) in [6.45, 7) is 9.83. The molecule has 1 aromatic heterocycles. The molecule has 172 valence electrons. The summed E-state index contributed by atoms with van der Waals surface area (Å²) in [7, 11) is 0. The van der Waals surface area contributed by atoms with E-state index in [4.69, 9.17) is 0 Å². The number of carbonyl (C=O) groups is 2. The van der Waals surface area contributed by atoms with Gasteiger partial charge in [0.2, 0.25) is 5.95 Å². The maximum Gasteiger partial charge on any atom is 0.296 e. The Morgan fingerprint density at radius 1 is 1.12 bits per heavy atom. The van der Waals surface area contributed by atoms with Gasteiger partial charge in [0, 0.05) is 25.2 Å². The van der Waals surface area contributed by atoms with Crippen molar-refractivity contribution in [2.24, 2.45) is 5.92 Å². The average Bonchev–Trinajstić information content (AvgIpc) is 3.33. The number of anilines is 2. The standard InChI is InChI=1S/C26H30N4O3/c1-5-29(6-2)18-13-11-17(12-14-18)23-22(21(31)15-16(3)4)24(32)25(33)30(23)26-27-19-9-7-8-10-20(19)28-26/h7-14,16,23,32H,5-6,15H2,1-4H3,(H,27,28). The highest BCUT2D eigenvalue weighted by molar-refractivity contribution is 6.16. The van der Waals surface area contributed by atoms with E-state index >= 15 is 0 Å². The van der Waals surface area contributed by atoms with Crippen LogP contribution in [-0.2, 0) is 9.59 Å². The monoisotopic (exact) mass is 446 g/mol. The molecule has 1 amide bonds. The lowest BCUT2D eigenvalue weighted by Gasteiger charge is -2.26. The first kappa shape index (κ1) is 22.6. The molecule has 0 saturated carbocycles. The van der Waals surface area contributed by atoms with E-state index in [9.17, 15) is 14.7 Å². The van der Waals surface area contributed by atoms with Gasteiger partial charge in [-0.3, -0.25) is 14.5 Å². The second-order valence-electron chi connectivity index (χ2n) is 8.70. The van der Waals surface area contributed by atoms with Crippen LogP contribution in [0, 0.1) is 5.92 Å². The van der Waals surface area contributed by atoms with E-state index in [0.717, 1.165) is 29.9 Å². The second-order valence-corrected chi connectivity index (χ2v) is 8.70. The van der Waals surface area contributed by atoms with Crippen LogP contribution in [0.5, 0.6) is 0 Å². The van der Waals surface area contributed by atoms with Gasteiger partial charge in [0.25, 0.3) is 5.91 Å². The average molecular weight is 447 g/mol. The van der Waals surface area contributed by atoms with Crippen molar-refractivity contribution in [3.63, 3.8) is 0 Å².